The molecular formula is C13H22N2O3. The van der Waals surface area contributed by atoms with E-state index in [1.54, 1.807) is 7.11 Å². The lowest BCUT2D eigenvalue weighted by molar-refractivity contribution is -0.131. The monoisotopic (exact) mass is 254 g/mol. The number of methoxy groups -OCH3 is 1. The van der Waals surface area contributed by atoms with Crippen LogP contribution in [0.5, 0.6) is 0 Å². The number of nitrogens with zero attached hydrogens (tertiary/aromatic N) is 1. The van der Waals surface area contributed by atoms with Gasteiger partial charge < -0.3 is 15.0 Å². The van der Waals surface area contributed by atoms with Crippen LogP contribution in [0, 0.1) is 5.92 Å². The zero-order chi connectivity index (χ0) is 13.0. The summed E-state index contributed by atoms with van der Waals surface area (Å²) in [5, 5.41) is 2.88. The fourth-order valence-corrected chi connectivity index (χ4v) is 2.53. The van der Waals surface area contributed by atoms with Crippen LogP contribution in [0.25, 0.3) is 0 Å². The van der Waals surface area contributed by atoms with Gasteiger partial charge >= 0.3 is 0 Å². The highest BCUT2D eigenvalue weighted by molar-refractivity contribution is 5.89. The van der Waals surface area contributed by atoms with Crippen molar-refractivity contribution in [1.29, 1.82) is 0 Å². The average Bonchev–Trinajstić information content (AvgIpc) is 2.65. The van der Waals surface area contributed by atoms with Gasteiger partial charge in [-0.15, -0.1) is 0 Å². The van der Waals surface area contributed by atoms with E-state index in [2.05, 4.69) is 5.32 Å². The molecule has 2 aliphatic rings. The predicted molar refractivity (Wildman–Crippen MR) is 67.0 cm³/mol. The molecule has 1 atom stereocenters. The van der Waals surface area contributed by atoms with Gasteiger partial charge in [-0.25, -0.2) is 0 Å². The fraction of sp³-hybridized carbons (Fsp3) is 0.846. The summed E-state index contributed by atoms with van der Waals surface area (Å²) in [5.41, 5.74) is 0. The SMILES string of the molecule is COCCCNC(=O)C1CC(=O)N(C2CCC2)C1. The van der Waals surface area contributed by atoms with E-state index in [1.807, 2.05) is 4.90 Å². The molecule has 2 fully saturated rings. The van der Waals surface area contributed by atoms with Crippen LogP contribution in [0.2, 0.25) is 0 Å². The molecule has 1 N–H and O–H groups in total. The second-order valence-electron chi connectivity index (χ2n) is 5.17. The van der Waals surface area contributed by atoms with E-state index in [1.165, 1.54) is 6.42 Å². The molecule has 2 amide bonds. The average molecular weight is 254 g/mol. The normalized spacial score (nSPS) is 24.2. The maximum absolute atomic E-state index is 11.9. The second kappa shape index (κ2) is 6.18. The third kappa shape index (κ3) is 3.02. The number of rotatable bonds is 6. The van der Waals surface area contributed by atoms with Gasteiger partial charge in [0.1, 0.15) is 0 Å². The van der Waals surface area contributed by atoms with Gasteiger partial charge in [0.25, 0.3) is 0 Å². The molecule has 0 spiro atoms. The summed E-state index contributed by atoms with van der Waals surface area (Å²) in [4.78, 5) is 25.6. The maximum atomic E-state index is 11.9. The van der Waals surface area contributed by atoms with Crippen LogP contribution in [0.4, 0.5) is 0 Å². The van der Waals surface area contributed by atoms with Crippen molar-refractivity contribution < 1.29 is 14.3 Å². The Morgan fingerprint density at radius 3 is 2.89 bits per heavy atom. The van der Waals surface area contributed by atoms with Gasteiger partial charge in [-0.1, -0.05) is 0 Å². The van der Waals surface area contributed by atoms with Crippen molar-refractivity contribution in [2.24, 2.45) is 5.92 Å². The number of nitrogens with one attached hydrogen (secondary N) is 1. The lowest BCUT2D eigenvalue weighted by atomic mass is 9.92. The minimum atomic E-state index is -0.152. The minimum absolute atomic E-state index is 0.0151. The van der Waals surface area contributed by atoms with E-state index < -0.39 is 0 Å². The Hall–Kier alpha value is -1.10. The van der Waals surface area contributed by atoms with Gasteiger partial charge in [0.2, 0.25) is 11.8 Å². The summed E-state index contributed by atoms with van der Waals surface area (Å²) in [6, 6.07) is 0.406. The Morgan fingerprint density at radius 1 is 1.50 bits per heavy atom. The van der Waals surface area contributed by atoms with Crippen molar-refractivity contribution in [2.45, 2.75) is 38.1 Å². The molecule has 1 saturated carbocycles. The van der Waals surface area contributed by atoms with Crippen molar-refractivity contribution in [2.75, 3.05) is 26.8 Å². The third-order valence-corrected chi connectivity index (χ3v) is 3.87. The first-order chi connectivity index (χ1) is 8.72. The summed E-state index contributed by atoms with van der Waals surface area (Å²) >= 11 is 0. The van der Waals surface area contributed by atoms with E-state index >= 15 is 0 Å². The minimum Gasteiger partial charge on any atom is -0.385 e. The Balaban J connectivity index is 1.73. The first-order valence-corrected chi connectivity index (χ1v) is 6.78. The van der Waals surface area contributed by atoms with Crippen LogP contribution in [0.1, 0.15) is 32.1 Å². The highest BCUT2D eigenvalue weighted by Gasteiger charge is 2.39. The molecule has 18 heavy (non-hydrogen) atoms. The predicted octanol–water partition coefficient (Wildman–Crippen LogP) is 0.540. The summed E-state index contributed by atoms with van der Waals surface area (Å²) in [6.07, 6.45) is 4.62. The molecule has 5 heteroatoms. The van der Waals surface area contributed by atoms with Crippen molar-refractivity contribution in [3.05, 3.63) is 0 Å². The van der Waals surface area contributed by atoms with Gasteiger partial charge in [0, 0.05) is 39.3 Å². The van der Waals surface area contributed by atoms with Crippen LogP contribution < -0.4 is 5.32 Å². The van der Waals surface area contributed by atoms with Gasteiger partial charge in [-0.2, -0.15) is 0 Å². The molecule has 1 saturated heterocycles. The third-order valence-electron chi connectivity index (χ3n) is 3.87. The molecule has 1 heterocycles. The summed E-state index contributed by atoms with van der Waals surface area (Å²) in [7, 11) is 1.65. The Bertz CT molecular complexity index is 315. The largest absolute Gasteiger partial charge is 0.385 e. The molecule has 0 bridgehead atoms. The smallest absolute Gasteiger partial charge is 0.225 e. The molecule has 102 valence electrons. The zero-order valence-electron chi connectivity index (χ0n) is 11.0. The van der Waals surface area contributed by atoms with E-state index in [4.69, 9.17) is 4.74 Å². The standard InChI is InChI=1S/C13H22N2O3/c1-18-7-3-6-14-13(17)10-8-12(16)15(9-10)11-4-2-5-11/h10-11H,2-9H2,1H3,(H,14,17). The highest BCUT2D eigenvalue weighted by atomic mass is 16.5. The van der Waals surface area contributed by atoms with E-state index in [-0.39, 0.29) is 17.7 Å². The topological polar surface area (TPSA) is 58.6 Å². The molecule has 0 aromatic carbocycles. The van der Waals surface area contributed by atoms with Crippen molar-refractivity contribution in [1.82, 2.24) is 10.2 Å². The molecule has 1 aliphatic carbocycles. The van der Waals surface area contributed by atoms with E-state index in [0.29, 0.717) is 32.2 Å². The molecule has 5 nitrogen and oxygen atoms in total. The number of amides is 2. The number of carbonyl (C=O) groups excluding carboxylic acids is 2. The fourth-order valence-electron chi connectivity index (χ4n) is 2.53. The molecule has 0 aromatic heterocycles. The lowest BCUT2D eigenvalue weighted by Gasteiger charge is -2.34. The molecule has 1 unspecified atom stereocenters. The molecule has 0 radical (unpaired) electrons. The van der Waals surface area contributed by atoms with E-state index in [0.717, 1.165) is 19.3 Å². The Morgan fingerprint density at radius 2 is 2.28 bits per heavy atom. The number of hydrogen-bond acceptors (Lipinski definition) is 3. The Kier molecular flexibility index (Phi) is 4.58. The second-order valence-corrected chi connectivity index (χ2v) is 5.17. The number of likely N-dealkylation sites (tertiary alicyclic amines) is 1. The number of hydrogen-bond donors (Lipinski definition) is 1. The quantitative estimate of drug-likeness (QED) is 0.704. The molecular weight excluding hydrogens is 232 g/mol. The summed E-state index contributed by atoms with van der Waals surface area (Å²) in [6.45, 7) is 1.89. The summed E-state index contributed by atoms with van der Waals surface area (Å²) < 4.78 is 4.92. The zero-order valence-corrected chi connectivity index (χ0v) is 11.0. The van der Waals surface area contributed by atoms with Gasteiger partial charge in [-0.05, 0) is 25.7 Å². The number of ether oxygens (including phenoxy) is 1. The molecule has 2 rings (SSSR count). The number of carbonyl (C=O) groups is 2. The van der Waals surface area contributed by atoms with Gasteiger partial charge in [-0.3, -0.25) is 9.59 Å². The van der Waals surface area contributed by atoms with Crippen molar-refractivity contribution >= 4 is 11.8 Å². The maximum Gasteiger partial charge on any atom is 0.225 e. The highest BCUT2D eigenvalue weighted by Crippen LogP contribution is 2.30. The van der Waals surface area contributed by atoms with Crippen molar-refractivity contribution in [3.8, 4) is 0 Å². The van der Waals surface area contributed by atoms with Crippen LogP contribution >= 0.6 is 0 Å². The van der Waals surface area contributed by atoms with Gasteiger partial charge in [0.15, 0.2) is 0 Å². The van der Waals surface area contributed by atoms with Crippen LogP contribution in [-0.4, -0.2) is 49.6 Å². The Labute approximate surface area is 108 Å². The van der Waals surface area contributed by atoms with Crippen molar-refractivity contribution in [3.63, 3.8) is 0 Å². The van der Waals surface area contributed by atoms with Crippen LogP contribution in [0.3, 0.4) is 0 Å². The van der Waals surface area contributed by atoms with Crippen LogP contribution in [0.15, 0.2) is 0 Å². The van der Waals surface area contributed by atoms with E-state index in [9.17, 15) is 9.59 Å². The summed E-state index contributed by atoms with van der Waals surface area (Å²) in [5.74, 6) is 0.0127. The van der Waals surface area contributed by atoms with Gasteiger partial charge in [0.05, 0.1) is 5.92 Å². The lowest BCUT2D eigenvalue weighted by Crippen LogP contribution is -2.42. The first kappa shape index (κ1) is 13.3. The van der Waals surface area contributed by atoms with Crippen LogP contribution in [-0.2, 0) is 14.3 Å². The first-order valence-electron chi connectivity index (χ1n) is 6.78. The molecule has 1 aliphatic heterocycles. The molecule has 0 aromatic rings.